The van der Waals surface area contributed by atoms with Gasteiger partial charge in [0.05, 0.1) is 16.0 Å². The second kappa shape index (κ2) is 12.4. The highest BCUT2D eigenvalue weighted by molar-refractivity contribution is 6.42. The van der Waals surface area contributed by atoms with Gasteiger partial charge in [-0.3, -0.25) is 14.5 Å². The van der Waals surface area contributed by atoms with Crippen LogP contribution in [0.25, 0.3) is 0 Å². The van der Waals surface area contributed by atoms with E-state index in [-0.39, 0.29) is 17.7 Å². The summed E-state index contributed by atoms with van der Waals surface area (Å²) in [6.07, 6.45) is 6.02. The Morgan fingerprint density at radius 1 is 1.08 bits per heavy atom. The molecule has 0 spiro atoms. The molecule has 200 valence electrons. The van der Waals surface area contributed by atoms with Crippen molar-refractivity contribution in [1.82, 2.24) is 24.7 Å². The van der Waals surface area contributed by atoms with Crippen LogP contribution in [0.1, 0.15) is 47.3 Å². The SMILES string of the molecule is Cc1c(NCCc2ccc(Cl)c(Cl)c2)ncnc1C(=O)N1CCC(N2CCC[C@H](C(=O)N(C)C)C2)CC1. The average molecular weight is 548 g/mol. The number of aromatic nitrogens is 2. The molecule has 10 heteroatoms. The van der Waals surface area contributed by atoms with Gasteiger partial charge in [0.15, 0.2) is 0 Å². The Labute approximate surface area is 229 Å². The maximum atomic E-state index is 13.4. The summed E-state index contributed by atoms with van der Waals surface area (Å²) < 4.78 is 0. The molecule has 1 atom stereocenters. The van der Waals surface area contributed by atoms with Gasteiger partial charge in [-0.05, 0) is 63.3 Å². The number of piperidine rings is 2. The van der Waals surface area contributed by atoms with Crippen molar-refractivity contribution < 1.29 is 9.59 Å². The summed E-state index contributed by atoms with van der Waals surface area (Å²) in [5.41, 5.74) is 2.27. The number of carbonyl (C=O) groups is 2. The molecular weight excluding hydrogens is 511 g/mol. The van der Waals surface area contributed by atoms with E-state index in [0.717, 1.165) is 56.3 Å². The third-order valence-electron chi connectivity index (χ3n) is 7.49. The van der Waals surface area contributed by atoms with Crippen LogP contribution in [0.2, 0.25) is 10.0 Å². The number of amides is 2. The van der Waals surface area contributed by atoms with Gasteiger partial charge < -0.3 is 15.1 Å². The molecule has 2 amide bonds. The Morgan fingerprint density at radius 3 is 2.54 bits per heavy atom. The number of nitrogens with zero attached hydrogens (tertiary/aromatic N) is 5. The number of rotatable bonds is 7. The number of likely N-dealkylation sites (tertiary alicyclic amines) is 2. The average Bonchev–Trinajstić information content (AvgIpc) is 2.91. The zero-order valence-electron chi connectivity index (χ0n) is 21.8. The molecule has 2 aliphatic rings. The summed E-state index contributed by atoms with van der Waals surface area (Å²) in [5.74, 6) is 0.913. The van der Waals surface area contributed by atoms with Crippen molar-refractivity contribution in [3.05, 3.63) is 51.4 Å². The molecule has 0 bridgehead atoms. The number of anilines is 1. The Balaban J connectivity index is 1.31. The fraction of sp³-hybridized carbons (Fsp3) is 0.556. The van der Waals surface area contributed by atoms with E-state index in [2.05, 4.69) is 20.2 Å². The van der Waals surface area contributed by atoms with Crippen LogP contribution in [0.15, 0.2) is 24.5 Å². The van der Waals surface area contributed by atoms with Crippen molar-refractivity contribution in [3.63, 3.8) is 0 Å². The van der Waals surface area contributed by atoms with Crippen LogP contribution in [0, 0.1) is 12.8 Å². The Kier molecular flexibility index (Phi) is 9.27. The van der Waals surface area contributed by atoms with E-state index in [4.69, 9.17) is 23.2 Å². The fourth-order valence-corrected chi connectivity index (χ4v) is 5.67. The second-order valence-corrected chi connectivity index (χ2v) is 11.0. The topological polar surface area (TPSA) is 81.7 Å². The van der Waals surface area contributed by atoms with Gasteiger partial charge in [0.1, 0.15) is 17.8 Å². The van der Waals surface area contributed by atoms with Gasteiger partial charge in [-0.25, -0.2) is 9.97 Å². The minimum atomic E-state index is -0.0508. The van der Waals surface area contributed by atoms with Crippen molar-refractivity contribution in [3.8, 4) is 0 Å². The van der Waals surface area contributed by atoms with Crippen LogP contribution >= 0.6 is 23.2 Å². The first-order chi connectivity index (χ1) is 17.7. The van der Waals surface area contributed by atoms with Gasteiger partial charge in [0.25, 0.3) is 5.91 Å². The lowest BCUT2D eigenvalue weighted by Gasteiger charge is -2.42. The summed E-state index contributed by atoms with van der Waals surface area (Å²) in [7, 11) is 3.66. The number of carbonyl (C=O) groups excluding carboxylic acids is 2. The first kappa shape index (κ1) is 27.6. The van der Waals surface area contributed by atoms with Crippen LogP contribution in [0.4, 0.5) is 5.82 Å². The monoisotopic (exact) mass is 546 g/mol. The molecule has 8 nitrogen and oxygen atoms in total. The lowest BCUT2D eigenvalue weighted by Crippen LogP contribution is -2.51. The largest absolute Gasteiger partial charge is 0.369 e. The van der Waals surface area contributed by atoms with Crippen molar-refractivity contribution in [2.45, 2.75) is 45.1 Å². The van der Waals surface area contributed by atoms with E-state index in [0.29, 0.717) is 47.2 Å². The molecule has 1 aromatic heterocycles. The molecule has 0 aliphatic carbocycles. The highest BCUT2D eigenvalue weighted by Crippen LogP contribution is 2.26. The van der Waals surface area contributed by atoms with Crippen LogP contribution in [-0.4, -0.2) is 89.3 Å². The smallest absolute Gasteiger partial charge is 0.272 e. The normalized spacial score (nSPS) is 19.1. The lowest BCUT2D eigenvalue weighted by atomic mass is 9.93. The van der Waals surface area contributed by atoms with Crippen molar-refractivity contribution in [2.24, 2.45) is 5.92 Å². The minimum Gasteiger partial charge on any atom is -0.369 e. The quantitative estimate of drug-likeness (QED) is 0.561. The van der Waals surface area contributed by atoms with E-state index >= 15 is 0 Å². The molecule has 2 aromatic rings. The summed E-state index contributed by atoms with van der Waals surface area (Å²) >= 11 is 12.1. The summed E-state index contributed by atoms with van der Waals surface area (Å²) in [4.78, 5) is 40.6. The molecule has 3 heterocycles. The molecule has 2 fully saturated rings. The number of benzene rings is 1. The first-order valence-electron chi connectivity index (χ1n) is 13.0. The van der Waals surface area contributed by atoms with Gasteiger partial charge >= 0.3 is 0 Å². The Morgan fingerprint density at radius 2 is 1.84 bits per heavy atom. The molecule has 0 saturated carbocycles. The zero-order chi connectivity index (χ0) is 26.5. The van der Waals surface area contributed by atoms with E-state index in [1.165, 1.54) is 6.33 Å². The summed E-state index contributed by atoms with van der Waals surface area (Å²) in [6, 6.07) is 6.01. The molecule has 2 aliphatic heterocycles. The highest BCUT2D eigenvalue weighted by Gasteiger charge is 2.33. The maximum Gasteiger partial charge on any atom is 0.272 e. The van der Waals surface area contributed by atoms with Crippen LogP contribution in [0.5, 0.6) is 0 Å². The number of halogens is 2. The number of nitrogens with one attached hydrogen (secondary N) is 1. The van der Waals surface area contributed by atoms with E-state index in [1.807, 2.05) is 38.1 Å². The van der Waals surface area contributed by atoms with E-state index < -0.39 is 0 Å². The number of hydrogen-bond acceptors (Lipinski definition) is 6. The molecule has 4 rings (SSSR count). The van der Waals surface area contributed by atoms with Gasteiger partial charge in [-0.15, -0.1) is 0 Å². The third-order valence-corrected chi connectivity index (χ3v) is 8.23. The predicted molar refractivity (Wildman–Crippen MR) is 147 cm³/mol. The van der Waals surface area contributed by atoms with Gasteiger partial charge in [-0.2, -0.15) is 0 Å². The Bertz CT molecular complexity index is 1120. The molecule has 0 unspecified atom stereocenters. The van der Waals surface area contributed by atoms with E-state index in [9.17, 15) is 9.59 Å². The highest BCUT2D eigenvalue weighted by atomic mass is 35.5. The zero-order valence-corrected chi connectivity index (χ0v) is 23.4. The molecular formula is C27H36Cl2N6O2. The molecule has 37 heavy (non-hydrogen) atoms. The van der Waals surface area contributed by atoms with Crippen molar-refractivity contribution >= 4 is 40.8 Å². The van der Waals surface area contributed by atoms with E-state index in [1.54, 1.807) is 11.0 Å². The molecule has 2 saturated heterocycles. The van der Waals surface area contributed by atoms with Crippen molar-refractivity contribution in [2.75, 3.05) is 52.1 Å². The van der Waals surface area contributed by atoms with Crippen molar-refractivity contribution in [1.29, 1.82) is 0 Å². The lowest BCUT2D eigenvalue weighted by molar-refractivity contribution is -0.135. The van der Waals surface area contributed by atoms with Crippen LogP contribution < -0.4 is 5.32 Å². The van der Waals surface area contributed by atoms with Gasteiger partial charge in [0, 0.05) is 51.9 Å². The first-order valence-corrected chi connectivity index (χ1v) is 13.7. The predicted octanol–water partition coefficient (Wildman–Crippen LogP) is 4.15. The fourth-order valence-electron chi connectivity index (χ4n) is 5.35. The van der Waals surface area contributed by atoms with Gasteiger partial charge in [0.2, 0.25) is 5.91 Å². The summed E-state index contributed by atoms with van der Waals surface area (Å²) in [5, 5.41) is 4.41. The third kappa shape index (κ3) is 6.72. The van der Waals surface area contributed by atoms with Crippen LogP contribution in [0.3, 0.4) is 0 Å². The Hall–Kier alpha value is -2.42. The molecule has 1 N–H and O–H groups in total. The standard InChI is InChI=1S/C27H36Cl2N6O2/c1-18-24(31-17-32-25(18)30-11-8-19-6-7-22(28)23(29)15-19)27(37)34-13-9-21(10-14-34)35-12-4-5-20(16-35)26(36)33(2)3/h6-7,15,17,20-21H,4-5,8-14,16H2,1-3H3,(H,30,31,32)/t20-/m0/s1. The maximum absolute atomic E-state index is 13.4. The number of hydrogen-bond donors (Lipinski definition) is 1. The molecule has 0 radical (unpaired) electrons. The second-order valence-electron chi connectivity index (χ2n) is 10.2. The summed E-state index contributed by atoms with van der Waals surface area (Å²) in [6.45, 7) is 5.75. The van der Waals surface area contributed by atoms with Gasteiger partial charge in [-0.1, -0.05) is 29.3 Å². The van der Waals surface area contributed by atoms with Crippen LogP contribution in [-0.2, 0) is 11.2 Å². The molecule has 1 aromatic carbocycles. The minimum absolute atomic E-state index is 0.0508.